The van der Waals surface area contributed by atoms with E-state index in [1.54, 1.807) is 0 Å². The van der Waals surface area contributed by atoms with Crippen LogP contribution in [-0.2, 0) is 14.3 Å². The molecule has 126 valence electrons. The summed E-state index contributed by atoms with van der Waals surface area (Å²) in [6.07, 6.45) is -2.80. The van der Waals surface area contributed by atoms with Crippen molar-refractivity contribution in [1.29, 1.82) is 0 Å². The van der Waals surface area contributed by atoms with Crippen LogP contribution >= 0.6 is 0 Å². The molecule has 2 heterocycles. The Kier molecular flexibility index (Phi) is 4.35. The molecular weight excluding hydrogens is 301 g/mol. The summed E-state index contributed by atoms with van der Waals surface area (Å²) in [5.74, 6) is -0.457. The summed E-state index contributed by atoms with van der Waals surface area (Å²) in [5, 5.41) is 2.50. The lowest BCUT2D eigenvalue weighted by molar-refractivity contribution is -0.190. The minimum absolute atomic E-state index is 0.100. The van der Waals surface area contributed by atoms with E-state index in [1.165, 1.54) is 4.90 Å². The van der Waals surface area contributed by atoms with Gasteiger partial charge in [0.2, 0.25) is 5.91 Å². The fourth-order valence-corrected chi connectivity index (χ4v) is 3.44. The summed E-state index contributed by atoms with van der Waals surface area (Å²) in [6, 6.07) is -1.64. The molecule has 0 bridgehead atoms. The number of rotatable bonds is 4. The molecule has 3 unspecified atom stereocenters. The highest BCUT2D eigenvalue weighted by atomic mass is 19.4. The average Bonchev–Trinajstić information content (AvgIpc) is 2.96. The number of morpholine rings is 1. The first kappa shape index (κ1) is 16.0. The van der Waals surface area contributed by atoms with Crippen LogP contribution < -0.4 is 5.32 Å². The molecule has 3 fully saturated rings. The molecule has 0 radical (unpaired) electrons. The summed E-state index contributed by atoms with van der Waals surface area (Å²) in [7, 11) is 0. The number of hydrogen-bond acceptors (Lipinski definition) is 4. The van der Waals surface area contributed by atoms with Crippen LogP contribution in [0.3, 0.4) is 0 Å². The summed E-state index contributed by atoms with van der Waals surface area (Å²) < 4.78 is 50.0. The van der Waals surface area contributed by atoms with E-state index in [-0.39, 0.29) is 30.3 Å². The van der Waals surface area contributed by atoms with Crippen molar-refractivity contribution in [3.63, 3.8) is 0 Å². The van der Waals surface area contributed by atoms with Crippen LogP contribution in [0.5, 0.6) is 0 Å². The number of alkyl halides is 3. The van der Waals surface area contributed by atoms with Crippen LogP contribution in [0, 0.1) is 11.3 Å². The Balaban J connectivity index is 1.54. The maximum absolute atomic E-state index is 13.2. The molecule has 2 saturated heterocycles. The number of nitrogens with zero attached hydrogens (tertiary/aromatic N) is 1. The lowest BCUT2D eigenvalue weighted by Gasteiger charge is -2.35. The Morgan fingerprint density at radius 2 is 2.00 bits per heavy atom. The van der Waals surface area contributed by atoms with Gasteiger partial charge in [-0.3, -0.25) is 9.69 Å². The van der Waals surface area contributed by atoms with Crippen LogP contribution in [-0.4, -0.2) is 69.1 Å². The van der Waals surface area contributed by atoms with Crippen LogP contribution in [0.1, 0.15) is 12.8 Å². The lowest BCUT2D eigenvalue weighted by atomic mass is 10.0. The number of ether oxygens (including phenoxy) is 2. The predicted octanol–water partition coefficient (Wildman–Crippen LogP) is 0.792. The van der Waals surface area contributed by atoms with Gasteiger partial charge in [-0.1, -0.05) is 0 Å². The van der Waals surface area contributed by atoms with Crippen LogP contribution in [0.15, 0.2) is 0 Å². The van der Waals surface area contributed by atoms with Gasteiger partial charge in [0.05, 0.1) is 19.8 Å². The van der Waals surface area contributed by atoms with E-state index in [2.05, 4.69) is 5.32 Å². The second-order valence-corrected chi connectivity index (χ2v) is 6.37. The van der Waals surface area contributed by atoms with Gasteiger partial charge in [0.25, 0.3) is 0 Å². The van der Waals surface area contributed by atoms with Gasteiger partial charge in [-0.2, -0.15) is 13.2 Å². The van der Waals surface area contributed by atoms with Crippen molar-refractivity contribution >= 4 is 5.91 Å². The molecule has 0 aromatic heterocycles. The zero-order valence-corrected chi connectivity index (χ0v) is 12.3. The van der Waals surface area contributed by atoms with E-state index >= 15 is 0 Å². The van der Waals surface area contributed by atoms with Gasteiger partial charge in [-0.05, 0) is 12.8 Å². The van der Waals surface area contributed by atoms with E-state index in [4.69, 9.17) is 9.47 Å². The first-order valence-corrected chi connectivity index (χ1v) is 7.66. The maximum Gasteiger partial charge on any atom is 0.405 e. The Hall–Kier alpha value is -0.860. The zero-order valence-electron chi connectivity index (χ0n) is 12.3. The Bertz CT molecular complexity index is 418. The molecule has 0 aromatic carbocycles. The molecular formula is C14H21F3N2O3. The number of carbonyl (C=O) groups is 1. The Labute approximate surface area is 127 Å². The second kappa shape index (κ2) is 5.98. The summed E-state index contributed by atoms with van der Waals surface area (Å²) >= 11 is 0. The molecule has 3 rings (SSSR count). The summed E-state index contributed by atoms with van der Waals surface area (Å²) in [6.45, 7) is 1.87. The average molecular weight is 322 g/mol. The van der Waals surface area contributed by atoms with Gasteiger partial charge in [-0.15, -0.1) is 0 Å². The van der Waals surface area contributed by atoms with Crippen LogP contribution in [0.2, 0.25) is 0 Å². The Morgan fingerprint density at radius 1 is 1.27 bits per heavy atom. The third-order valence-corrected chi connectivity index (χ3v) is 4.97. The fourth-order valence-electron chi connectivity index (χ4n) is 3.44. The number of carbonyl (C=O) groups excluding carboxylic acids is 1. The molecule has 3 aliphatic rings. The van der Waals surface area contributed by atoms with E-state index in [0.717, 1.165) is 12.8 Å². The monoisotopic (exact) mass is 322 g/mol. The van der Waals surface area contributed by atoms with Crippen molar-refractivity contribution in [2.75, 3.05) is 46.1 Å². The SMILES string of the molecule is O=C(NCC(N1CCOCC1)C(F)(F)F)C1CC12CCOC2. The van der Waals surface area contributed by atoms with E-state index in [1.807, 2.05) is 0 Å². The highest BCUT2D eigenvalue weighted by Crippen LogP contribution is 2.57. The molecule has 8 heteroatoms. The molecule has 5 nitrogen and oxygen atoms in total. The summed E-state index contributed by atoms with van der Waals surface area (Å²) in [4.78, 5) is 13.4. The predicted molar refractivity (Wildman–Crippen MR) is 71.2 cm³/mol. The van der Waals surface area contributed by atoms with E-state index < -0.39 is 18.8 Å². The molecule has 0 aromatic rings. The van der Waals surface area contributed by atoms with Gasteiger partial charge in [0, 0.05) is 37.6 Å². The molecule has 3 atom stereocenters. The van der Waals surface area contributed by atoms with Crippen molar-refractivity contribution in [3.05, 3.63) is 0 Å². The quantitative estimate of drug-likeness (QED) is 0.832. The second-order valence-electron chi connectivity index (χ2n) is 6.37. The van der Waals surface area contributed by atoms with Crippen molar-refractivity contribution in [1.82, 2.24) is 10.2 Å². The topological polar surface area (TPSA) is 50.8 Å². The van der Waals surface area contributed by atoms with Gasteiger partial charge in [-0.25, -0.2) is 0 Å². The van der Waals surface area contributed by atoms with Crippen LogP contribution in [0.25, 0.3) is 0 Å². The lowest BCUT2D eigenvalue weighted by Crippen LogP contribution is -2.55. The number of hydrogen-bond donors (Lipinski definition) is 1. The smallest absolute Gasteiger partial charge is 0.381 e. The molecule has 1 aliphatic carbocycles. The highest BCUT2D eigenvalue weighted by Gasteiger charge is 2.60. The third kappa shape index (κ3) is 3.23. The van der Waals surface area contributed by atoms with Crippen molar-refractivity contribution < 1.29 is 27.4 Å². The molecule has 22 heavy (non-hydrogen) atoms. The number of nitrogens with one attached hydrogen (secondary N) is 1. The minimum Gasteiger partial charge on any atom is -0.381 e. The molecule has 1 saturated carbocycles. The number of halogens is 3. The summed E-state index contributed by atoms with van der Waals surface area (Å²) in [5.41, 5.74) is -0.100. The van der Waals surface area contributed by atoms with E-state index in [9.17, 15) is 18.0 Å². The third-order valence-electron chi connectivity index (χ3n) is 4.97. The highest BCUT2D eigenvalue weighted by molar-refractivity contribution is 5.82. The van der Waals surface area contributed by atoms with E-state index in [0.29, 0.717) is 26.4 Å². The van der Waals surface area contributed by atoms with Gasteiger partial charge >= 0.3 is 6.18 Å². The Morgan fingerprint density at radius 3 is 2.59 bits per heavy atom. The van der Waals surface area contributed by atoms with Crippen molar-refractivity contribution in [2.24, 2.45) is 11.3 Å². The van der Waals surface area contributed by atoms with Crippen LogP contribution in [0.4, 0.5) is 13.2 Å². The largest absolute Gasteiger partial charge is 0.405 e. The molecule has 1 amide bonds. The van der Waals surface area contributed by atoms with Crippen molar-refractivity contribution in [3.8, 4) is 0 Å². The molecule has 1 N–H and O–H groups in total. The fraction of sp³-hybridized carbons (Fsp3) is 0.929. The molecule has 1 spiro atoms. The van der Waals surface area contributed by atoms with Gasteiger partial charge in [0.1, 0.15) is 6.04 Å². The first-order valence-electron chi connectivity index (χ1n) is 7.66. The van der Waals surface area contributed by atoms with Gasteiger partial charge in [0.15, 0.2) is 0 Å². The zero-order chi connectivity index (χ0) is 15.8. The first-order chi connectivity index (χ1) is 10.4. The molecule has 2 aliphatic heterocycles. The minimum atomic E-state index is -4.36. The van der Waals surface area contributed by atoms with Gasteiger partial charge < -0.3 is 14.8 Å². The van der Waals surface area contributed by atoms with Crippen molar-refractivity contribution in [2.45, 2.75) is 25.1 Å². The number of amides is 1. The maximum atomic E-state index is 13.2. The normalized spacial score (nSPS) is 33.9. The standard InChI is InChI=1S/C14H21F3N2O3/c15-14(16,17)11(19-2-5-21-6-3-19)8-18-12(20)10-7-13(10)1-4-22-9-13/h10-11H,1-9H2,(H,18,20).